The minimum Gasteiger partial charge on any atom is -0.480 e. The molecule has 16 heavy (non-hydrogen) atoms. The number of fused-ring (bicyclic) bond motifs is 1. The summed E-state index contributed by atoms with van der Waals surface area (Å²) in [5.41, 5.74) is 1.37. The van der Waals surface area contributed by atoms with Crippen molar-refractivity contribution in [2.24, 2.45) is 0 Å². The standard InChI is InChI=1S/C12H11NO3/c1-8(14)10-3-2-9-4-5-13(7-12(15)16)11(9)6-10/h2-6H,7H2,1H3,(H,15,16). The highest BCUT2D eigenvalue weighted by Gasteiger charge is 2.07. The van der Waals surface area contributed by atoms with Crippen molar-refractivity contribution in [2.45, 2.75) is 13.5 Å². The Labute approximate surface area is 92.1 Å². The number of hydrogen-bond donors (Lipinski definition) is 1. The molecule has 0 aliphatic rings. The van der Waals surface area contributed by atoms with Gasteiger partial charge in [0.15, 0.2) is 5.78 Å². The summed E-state index contributed by atoms with van der Waals surface area (Å²) >= 11 is 0. The van der Waals surface area contributed by atoms with Crippen LogP contribution >= 0.6 is 0 Å². The number of carboxylic acids is 1. The van der Waals surface area contributed by atoms with Gasteiger partial charge in [-0.05, 0) is 24.4 Å². The Morgan fingerprint density at radius 2 is 2.06 bits per heavy atom. The quantitative estimate of drug-likeness (QED) is 0.799. The lowest BCUT2D eigenvalue weighted by molar-refractivity contribution is -0.137. The number of aromatic nitrogens is 1. The predicted octanol–water partition coefficient (Wildman–Crippen LogP) is 1.93. The summed E-state index contributed by atoms with van der Waals surface area (Å²) in [7, 11) is 0. The van der Waals surface area contributed by atoms with Crippen LogP contribution < -0.4 is 0 Å². The van der Waals surface area contributed by atoms with Crippen molar-refractivity contribution in [3.63, 3.8) is 0 Å². The second kappa shape index (κ2) is 3.81. The zero-order valence-corrected chi connectivity index (χ0v) is 8.80. The maximum atomic E-state index is 11.2. The SMILES string of the molecule is CC(=O)c1ccc2ccn(CC(=O)O)c2c1. The molecule has 82 valence electrons. The summed E-state index contributed by atoms with van der Waals surface area (Å²) in [6.45, 7) is 1.40. The Morgan fingerprint density at radius 3 is 2.69 bits per heavy atom. The zero-order valence-electron chi connectivity index (χ0n) is 8.80. The van der Waals surface area contributed by atoms with E-state index >= 15 is 0 Å². The number of carbonyl (C=O) groups is 2. The lowest BCUT2D eigenvalue weighted by Crippen LogP contribution is -2.07. The topological polar surface area (TPSA) is 59.3 Å². The fourth-order valence-electron chi connectivity index (χ4n) is 1.69. The van der Waals surface area contributed by atoms with Gasteiger partial charge in [-0.2, -0.15) is 0 Å². The van der Waals surface area contributed by atoms with Crippen LogP contribution in [0.2, 0.25) is 0 Å². The Kier molecular flexibility index (Phi) is 2.48. The fourth-order valence-corrected chi connectivity index (χ4v) is 1.69. The molecule has 2 rings (SSSR count). The Hall–Kier alpha value is -2.10. The second-order valence-electron chi connectivity index (χ2n) is 3.67. The van der Waals surface area contributed by atoms with Gasteiger partial charge in [0, 0.05) is 17.3 Å². The van der Waals surface area contributed by atoms with E-state index in [1.165, 1.54) is 6.92 Å². The number of hydrogen-bond acceptors (Lipinski definition) is 2. The maximum absolute atomic E-state index is 11.2. The molecule has 0 saturated heterocycles. The average molecular weight is 217 g/mol. The third-order valence-corrected chi connectivity index (χ3v) is 2.49. The van der Waals surface area contributed by atoms with Crippen molar-refractivity contribution in [3.8, 4) is 0 Å². The molecule has 4 nitrogen and oxygen atoms in total. The van der Waals surface area contributed by atoms with E-state index in [-0.39, 0.29) is 12.3 Å². The van der Waals surface area contributed by atoms with Crippen LogP contribution in [0.3, 0.4) is 0 Å². The summed E-state index contributed by atoms with van der Waals surface area (Å²) < 4.78 is 1.62. The molecule has 0 bridgehead atoms. The van der Waals surface area contributed by atoms with Crippen LogP contribution in [-0.4, -0.2) is 21.4 Å². The zero-order chi connectivity index (χ0) is 11.7. The van der Waals surface area contributed by atoms with Gasteiger partial charge in [-0.15, -0.1) is 0 Å². The van der Waals surface area contributed by atoms with E-state index in [2.05, 4.69) is 0 Å². The second-order valence-corrected chi connectivity index (χ2v) is 3.67. The summed E-state index contributed by atoms with van der Waals surface area (Å²) in [5.74, 6) is -0.921. The Bertz CT molecular complexity index is 569. The first-order chi connectivity index (χ1) is 7.58. The van der Waals surface area contributed by atoms with Crippen molar-refractivity contribution in [3.05, 3.63) is 36.0 Å². The molecule has 0 fully saturated rings. The van der Waals surface area contributed by atoms with Crippen LogP contribution in [0, 0.1) is 0 Å². The van der Waals surface area contributed by atoms with Crippen LogP contribution in [0.15, 0.2) is 30.5 Å². The van der Waals surface area contributed by atoms with E-state index < -0.39 is 5.97 Å². The molecule has 0 aliphatic carbocycles. The smallest absolute Gasteiger partial charge is 0.323 e. The normalized spacial score (nSPS) is 10.6. The molecule has 0 saturated carbocycles. The van der Waals surface area contributed by atoms with Gasteiger partial charge >= 0.3 is 5.97 Å². The molecule has 0 aliphatic heterocycles. The lowest BCUT2D eigenvalue weighted by Gasteiger charge is -2.02. The number of benzene rings is 1. The van der Waals surface area contributed by atoms with Gasteiger partial charge in [0.25, 0.3) is 0 Å². The lowest BCUT2D eigenvalue weighted by atomic mass is 10.1. The number of carboxylic acid groups (broad SMARTS) is 1. The highest BCUT2D eigenvalue weighted by Crippen LogP contribution is 2.18. The van der Waals surface area contributed by atoms with Gasteiger partial charge in [0.05, 0.1) is 0 Å². The Balaban J connectivity index is 2.55. The summed E-state index contributed by atoms with van der Waals surface area (Å²) in [5, 5.41) is 9.67. The largest absolute Gasteiger partial charge is 0.480 e. The molecular weight excluding hydrogens is 206 g/mol. The summed E-state index contributed by atoms with van der Waals surface area (Å²) in [4.78, 5) is 21.9. The van der Waals surface area contributed by atoms with Crippen LogP contribution in [0.4, 0.5) is 0 Å². The van der Waals surface area contributed by atoms with Crippen LogP contribution in [0.25, 0.3) is 10.9 Å². The van der Waals surface area contributed by atoms with Crippen molar-refractivity contribution in [1.29, 1.82) is 0 Å². The highest BCUT2D eigenvalue weighted by molar-refractivity contribution is 5.98. The van der Waals surface area contributed by atoms with Gasteiger partial charge in [-0.25, -0.2) is 0 Å². The number of carbonyl (C=O) groups excluding carboxylic acids is 1. The minimum atomic E-state index is -0.897. The number of nitrogens with zero attached hydrogens (tertiary/aromatic N) is 1. The first-order valence-electron chi connectivity index (χ1n) is 4.89. The fraction of sp³-hybridized carbons (Fsp3) is 0.167. The predicted molar refractivity (Wildman–Crippen MR) is 59.6 cm³/mol. The van der Waals surface area contributed by atoms with E-state index in [9.17, 15) is 9.59 Å². The molecule has 1 N–H and O–H groups in total. The third-order valence-electron chi connectivity index (χ3n) is 2.49. The first kappa shape index (κ1) is 10.4. The molecular formula is C12H11NO3. The Morgan fingerprint density at radius 1 is 1.31 bits per heavy atom. The monoisotopic (exact) mass is 217 g/mol. The van der Waals surface area contributed by atoms with Gasteiger partial charge in [-0.3, -0.25) is 9.59 Å². The molecule has 0 atom stereocenters. The van der Waals surface area contributed by atoms with E-state index in [1.54, 1.807) is 22.9 Å². The van der Waals surface area contributed by atoms with E-state index in [1.807, 2.05) is 12.1 Å². The highest BCUT2D eigenvalue weighted by atomic mass is 16.4. The number of Topliss-reactive ketones (excluding diaryl/α,β-unsaturated/α-hetero) is 1. The molecule has 0 unspecified atom stereocenters. The molecule has 0 amide bonds. The molecule has 1 aromatic carbocycles. The number of aliphatic carboxylic acids is 1. The number of ketones is 1. The third kappa shape index (κ3) is 1.82. The van der Waals surface area contributed by atoms with Crippen molar-refractivity contribution in [2.75, 3.05) is 0 Å². The summed E-state index contributed by atoms with van der Waals surface area (Å²) in [6, 6.07) is 7.13. The van der Waals surface area contributed by atoms with E-state index in [4.69, 9.17) is 5.11 Å². The first-order valence-corrected chi connectivity index (χ1v) is 4.89. The molecule has 1 aromatic heterocycles. The minimum absolute atomic E-state index is 0.0232. The van der Waals surface area contributed by atoms with Crippen LogP contribution in [0.1, 0.15) is 17.3 Å². The van der Waals surface area contributed by atoms with Gasteiger partial charge in [0.1, 0.15) is 6.54 Å². The van der Waals surface area contributed by atoms with Crippen LogP contribution in [-0.2, 0) is 11.3 Å². The van der Waals surface area contributed by atoms with Crippen LogP contribution in [0.5, 0.6) is 0 Å². The van der Waals surface area contributed by atoms with Gasteiger partial charge < -0.3 is 9.67 Å². The average Bonchev–Trinajstić information content (AvgIpc) is 2.60. The maximum Gasteiger partial charge on any atom is 0.323 e. The van der Waals surface area contributed by atoms with E-state index in [0.29, 0.717) is 5.56 Å². The van der Waals surface area contributed by atoms with E-state index in [0.717, 1.165) is 10.9 Å². The van der Waals surface area contributed by atoms with Gasteiger partial charge in [-0.1, -0.05) is 12.1 Å². The van der Waals surface area contributed by atoms with Gasteiger partial charge in [0.2, 0.25) is 0 Å². The summed E-state index contributed by atoms with van der Waals surface area (Å²) in [6.07, 6.45) is 1.71. The van der Waals surface area contributed by atoms with Crippen molar-refractivity contribution < 1.29 is 14.7 Å². The molecule has 4 heteroatoms. The number of rotatable bonds is 3. The molecule has 1 heterocycles. The molecule has 2 aromatic rings. The molecule has 0 radical (unpaired) electrons. The van der Waals surface area contributed by atoms with Crippen molar-refractivity contribution in [1.82, 2.24) is 4.57 Å². The van der Waals surface area contributed by atoms with Crippen molar-refractivity contribution >= 4 is 22.7 Å². The molecule has 0 spiro atoms.